The Labute approximate surface area is 107 Å². The third-order valence-electron chi connectivity index (χ3n) is 3.09. The highest BCUT2D eigenvalue weighted by Gasteiger charge is 2.17. The predicted molar refractivity (Wildman–Crippen MR) is 71.5 cm³/mol. The molecule has 1 unspecified atom stereocenters. The van der Waals surface area contributed by atoms with Crippen LogP contribution in [0.5, 0.6) is 5.75 Å². The normalized spacial score (nSPS) is 12.4. The van der Waals surface area contributed by atoms with Crippen LogP contribution in [0.15, 0.2) is 30.3 Å². The summed E-state index contributed by atoms with van der Waals surface area (Å²) >= 11 is 0. The zero-order valence-corrected chi connectivity index (χ0v) is 11.1. The highest BCUT2D eigenvalue weighted by atomic mass is 16.5. The third-order valence-corrected chi connectivity index (χ3v) is 3.09. The Bertz CT molecular complexity index is 519. The molecule has 1 aromatic carbocycles. The lowest BCUT2D eigenvalue weighted by atomic mass is 10.1. The van der Waals surface area contributed by atoms with E-state index in [1.165, 1.54) is 0 Å². The van der Waals surface area contributed by atoms with Crippen LogP contribution in [0.1, 0.15) is 23.1 Å². The summed E-state index contributed by atoms with van der Waals surface area (Å²) in [6.45, 7) is 4.38. The molecule has 0 spiro atoms. The van der Waals surface area contributed by atoms with Gasteiger partial charge in [-0.3, -0.25) is 4.68 Å². The minimum atomic E-state index is -0.132. The van der Waals surface area contributed by atoms with Gasteiger partial charge in [-0.1, -0.05) is 30.3 Å². The molecule has 1 heterocycles. The average molecular weight is 245 g/mol. The van der Waals surface area contributed by atoms with Crippen molar-refractivity contribution in [2.45, 2.75) is 20.0 Å². The predicted octanol–water partition coefficient (Wildman–Crippen LogP) is 2.12. The summed E-state index contributed by atoms with van der Waals surface area (Å²) < 4.78 is 7.85. The Morgan fingerprint density at radius 1 is 1.28 bits per heavy atom. The average Bonchev–Trinajstić information content (AvgIpc) is 2.62. The number of benzene rings is 1. The number of aromatic nitrogens is 2. The van der Waals surface area contributed by atoms with E-state index in [-0.39, 0.29) is 6.10 Å². The SMILES string of the molecule is Cc1nn(C)c(C)c1OC(CN)c1ccccc1. The number of hydrogen-bond acceptors (Lipinski definition) is 3. The van der Waals surface area contributed by atoms with E-state index in [1.54, 1.807) is 0 Å². The van der Waals surface area contributed by atoms with Gasteiger partial charge in [-0.2, -0.15) is 5.10 Å². The first-order valence-electron chi connectivity index (χ1n) is 6.05. The first-order valence-corrected chi connectivity index (χ1v) is 6.05. The van der Waals surface area contributed by atoms with E-state index in [1.807, 2.05) is 55.9 Å². The Hall–Kier alpha value is -1.81. The van der Waals surface area contributed by atoms with E-state index in [2.05, 4.69) is 5.10 Å². The summed E-state index contributed by atoms with van der Waals surface area (Å²) in [4.78, 5) is 0. The molecule has 0 aliphatic rings. The highest BCUT2D eigenvalue weighted by Crippen LogP contribution is 2.27. The molecule has 18 heavy (non-hydrogen) atoms. The molecule has 4 heteroatoms. The number of hydrogen-bond donors (Lipinski definition) is 1. The minimum absolute atomic E-state index is 0.132. The molecular weight excluding hydrogens is 226 g/mol. The molecule has 0 bridgehead atoms. The summed E-state index contributed by atoms with van der Waals surface area (Å²) in [5, 5.41) is 4.34. The van der Waals surface area contributed by atoms with E-state index in [0.29, 0.717) is 6.54 Å². The quantitative estimate of drug-likeness (QED) is 0.897. The Balaban J connectivity index is 2.26. The van der Waals surface area contributed by atoms with Crippen molar-refractivity contribution in [3.8, 4) is 5.75 Å². The van der Waals surface area contributed by atoms with Gasteiger partial charge in [-0.25, -0.2) is 0 Å². The molecule has 0 aliphatic heterocycles. The van der Waals surface area contributed by atoms with E-state index >= 15 is 0 Å². The highest BCUT2D eigenvalue weighted by molar-refractivity contribution is 5.33. The number of nitrogens with zero attached hydrogens (tertiary/aromatic N) is 2. The molecule has 0 radical (unpaired) electrons. The van der Waals surface area contributed by atoms with Crippen LogP contribution in [0.3, 0.4) is 0 Å². The van der Waals surface area contributed by atoms with E-state index in [9.17, 15) is 0 Å². The second-order valence-corrected chi connectivity index (χ2v) is 4.38. The van der Waals surface area contributed by atoms with Crippen LogP contribution >= 0.6 is 0 Å². The van der Waals surface area contributed by atoms with Gasteiger partial charge in [0.2, 0.25) is 0 Å². The zero-order valence-electron chi connectivity index (χ0n) is 11.1. The molecule has 2 N–H and O–H groups in total. The van der Waals surface area contributed by atoms with Crippen molar-refractivity contribution < 1.29 is 4.74 Å². The Morgan fingerprint density at radius 3 is 2.44 bits per heavy atom. The largest absolute Gasteiger partial charge is 0.481 e. The van der Waals surface area contributed by atoms with E-state index in [0.717, 1.165) is 22.7 Å². The van der Waals surface area contributed by atoms with Crippen LogP contribution in [0.2, 0.25) is 0 Å². The first kappa shape index (κ1) is 12.6. The van der Waals surface area contributed by atoms with Gasteiger partial charge in [0.15, 0.2) is 5.75 Å². The number of ether oxygens (including phenoxy) is 1. The van der Waals surface area contributed by atoms with Crippen molar-refractivity contribution in [3.63, 3.8) is 0 Å². The third kappa shape index (κ3) is 2.38. The molecule has 0 aliphatic carbocycles. The Kier molecular flexibility index (Phi) is 3.67. The molecule has 0 fully saturated rings. The number of aryl methyl sites for hydroxylation is 2. The van der Waals surface area contributed by atoms with Crippen LogP contribution in [-0.2, 0) is 7.05 Å². The van der Waals surface area contributed by atoms with Crippen LogP contribution in [0.4, 0.5) is 0 Å². The zero-order chi connectivity index (χ0) is 13.1. The van der Waals surface area contributed by atoms with Crippen LogP contribution < -0.4 is 10.5 Å². The molecule has 0 saturated heterocycles. The maximum absolute atomic E-state index is 6.02. The fourth-order valence-corrected chi connectivity index (χ4v) is 1.99. The second-order valence-electron chi connectivity index (χ2n) is 4.38. The summed E-state index contributed by atoms with van der Waals surface area (Å²) in [6, 6.07) is 10.0. The van der Waals surface area contributed by atoms with E-state index in [4.69, 9.17) is 10.5 Å². The molecule has 96 valence electrons. The van der Waals surface area contributed by atoms with Gasteiger partial charge < -0.3 is 10.5 Å². The van der Waals surface area contributed by atoms with Gasteiger partial charge in [0, 0.05) is 13.6 Å². The van der Waals surface area contributed by atoms with Crippen LogP contribution in [-0.4, -0.2) is 16.3 Å². The minimum Gasteiger partial charge on any atom is -0.481 e. The topological polar surface area (TPSA) is 53.1 Å². The van der Waals surface area contributed by atoms with Gasteiger partial charge in [0.05, 0.1) is 5.69 Å². The molecule has 1 aromatic heterocycles. The van der Waals surface area contributed by atoms with Gasteiger partial charge in [-0.05, 0) is 19.4 Å². The fourth-order valence-electron chi connectivity index (χ4n) is 1.99. The van der Waals surface area contributed by atoms with Crippen molar-refractivity contribution in [2.24, 2.45) is 12.8 Å². The second kappa shape index (κ2) is 5.23. The molecule has 0 amide bonds. The monoisotopic (exact) mass is 245 g/mol. The summed E-state index contributed by atoms with van der Waals surface area (Å²) in [5.41, 5.74) is 8.80. The maximum Gasteiger partial charge on any atom is 0.163 e. The van der Waals surface area contributed by atoms with Gasteiger partial charge in [-0.15, -0.1) is 0 Å². The first-order chi connectivity index (χ1) is 8.63. The number of nitrogens with two attached hydrogens (primary N) is 1. The summed E-state index contributed by atoms with van der Waals surface area (Å²) in [7, 11) is 1.91. The summed E-state index contributed by atoms with van der Waals surface area (Å²) in [5.74, 6) is 0.830. The lowest BCUT2D eigenvalue weighted by Gasteiger charge is -2.18. The van der Waals surface area contributed by atoms with Crippen molar-refractivity contribution >= 4 is 0 Å². The molecular formula is C14H19N3O. The molecule has 2 rings (SSSR count). The molecule has 2 aromatic rings. The lowest BCUT2D eigenvalue weighted by Crippen LogP contribution is -2.18. The summed E-state index contributed by atoms with van der Waals surface area (Å²) in [6.07, 6.45) is -0.132. The Morgan fingerprint density at radius 2 is 1.94 bits per heavy atom. The van der Waals surface area contributed by atoms with Crippen molar-refractivity contribution in [2.75, 3.05) is 6.54 Å². The lowest BCUT2D eigenvalue weighted by molar-refractivity contribution is 0.211. The molecule has 0 saturated carbocycles. The van der Waals surface area contributed by atoms with Crippen molar-refractivity contribution in [1.29, 1.82) is 0 Å². The van der Waals surface area contributed by atoms with E-state index < -0.39 is 0 Å². The fraction of sp³-hybridized carbons (Fsp3) is 0.357. The smallest absolute Gasteiger partial charge is 0.163 e. The molecule has 1 atom stereocenters. The van der Waals surface area contributed by atoms with Crippen LogP contribution in [0, 0.1) is 13.8 Å². The van der Waals surface area contributed by atoms with Crippen molar-refractivity contribution in [1.82, 2.24) is 9.78 Å². The van der Waals surface area contributed by atoms with Gasteiger partial charge in [0.25, 0.3) is 0 Å². The van der Waals surface area contributed by atoms with Gasteiger partial charge >= 0.3 is 0 Å². The van der Waals surface area contributed by atoms with Crippen LogP contribution in [0.25, 0.3) is 0 Å². The maximum atomic E-state index is 6.02. The molecule has 4 nitrogen and oxygen atoms in total. The standard InChI is InChI=1S/C14H19N3O/c1-10-14(11(2)17(3)16-10)18-13(9-15)12-7-5-4-6-8-12/h4-8,13H,9,15H2,1-3H3. The van der Waals surface area contributed by atoms with Crippen molar-refractivity contribution in [3.05, 3.63) is 47.3 Å². The van der Waals surface area contributed by atoms with Gasteiger partial charge in [0.1, 0.15) is 11.8 Å². The number of rotatable bonds is 4.